The van der Waals surface area contributed by atoms with Gasteiger partial charge in [0.2, 0.25) is 17.7 Å². The molecule has 1 aliphatic rings. The van der Waals surface area contributed by atoms with Crippen LogP contribution in [0.2, 0.25) is 0 Å². The molecule has 1 fully saturated rings. The summed E-state index contributed by atoms with van der Waals surface area (Å²) in [5.41, 5.74) is 3.89. The second-order valence-electron chi connectivity index (χ2n) is 6.41. The van der Waals surface area contributed by atoms with Crippen molar-refractivity contribution in [2.75, 3.05) is 0 Å². The summed E-state index contributed by atoms with van der Waals surface area (Å²) in [4.78, 5) is 36.6. The zero-order chi connectivity index (χ0) is 14.3. The average molecular weight is 254 g/mol. The van der Waals surface area contributed by atoms with Gasteiger partial charge in [-0.25, -0.2) is 0 Å². The number of rotatable bonds is 4. The molecular formula is C13H22N2O3. The first-order chi connectivity index (χ1) is 7.99. The third-order valence-electron chi connectivity index (χ3n) is 3.52. The second kappa shape index (κ2) is 4.37. The zero-order valence-corrected chi connectivity index (χ0v) is 11.7. The van der Waals surface area contributed by atoms with Crippen LogP contribution in [0.1, 0.15) is 47.5 Å². The van der Waals surface area contributed by atoms with Gasteiger partial charge in [0.15, 0.2) is 0 Å². The van der Waals surface area contributed by atoms with E-state index in [-0.39, 0.29) is 24.2 Å². The van der Waals surface area contributed by atoms with Gasteiger partial charge in [0.05, 0.1) is 0 Å². The van der Waals surface area contributed by atoms with Crippen LogP contribution in [-0.4, -0.2) is 28.2 Å². The van der Waals surface area contributed by atoms with Crippen LogP contribution in [-0.2, 0) is 14.4 Å². The van der Waals surface area contributed by atoms with E-state index < -0.39 is 16.9 Å². The van der Waals surface area contributed by atoms with E-state index in [1.165, 1.54) is 4.90 Å². The lowest BCUT2D eigenvalue weighted by atomic mass is 9.78. The van der Waals surface area contributed by atoms with Crippen LogP contribution >= 0.6 is 0 Å². The van der Waals surface area contributed by atoms with Gasteiger partial charge >= 0.3 is 0 Å². The monoisotopic (exact) mass is 254 g/mol. The Hall–Kier alpha value is -1.39. The fraction of sp³-hybridized carbons (Fsp3) is 0.769. The molecule has 1 saturated heterocycles. The van der Waals surface area contributed by atoms with Crippen LogP contribution in [0.4, 0.5) is 0 Å². The van der Waals surface area contributed by atoms with Gasteiger partial charge in [-0.05, 0) is 20.3 Å². The number of nitrogens with two attached hydrogens (primary N) is 1. The van der Waals surface area contributed by atoms with Gasteiger partial charge in [0.1, 0.15) is 0 Å². The molecule has 102 valence electrons. The molecule has 0 bridgehead atoms. The minimum Gasteiger partial charge on any atom is -0.369 e. The van der Waals surface area contributed by atoms with Gasteiger partial charge in [0.25, 0.3) is 0 Å². The van der Waals surface area contributed by atoms with Crippen molar-refractivity contribution in [1.82, 2.24) is 4.90 Å². The van der Waals surface area contributed by atoms with E-state index in [9.17, 15) is 14.4 Å². The number of carbonyl (C=O) groups excluding carboxylic acids is 3. The molecule has 0 aromatic heterocycles. The number of amides is 3. The summed E-state index contributed by atoms with van der Waals surface area (Å²) in [5, 5.41) is 0. The Bertz CT molecular complexity index is 399. The normalized spacial score (nSPS) is 21.6. The Labute approximate surface area is 108 Å². The second-order valence-corrected chi connectivity index (χ2v) is 6.41. The first-order valence-electron chi connectivity index (χ1n) is 6.16. The first-order valence-corrected chi connectivity index (χ1v) is 6.16. The van der Waals surface area contributed by atoms with Gasteiger partial charge in [-0.2, -0.15) is 0 Å². The molecule has 18 heavy (non-hydrogen) atoms. The van der Waals surface area contributed by atoms with Crippen molar-refractivity contribution < 1.29 is 14.4 Å². The van der Waals surface area contributed by atoms with Crippen LogP contribution < -0.4 is 5.73 Å². The summed E-state index contributed by atoms with van der Waals surface area (Å²) < 4.78 is 0. The molecule has 1 rings (SSSR count). The molecule has 1 aliphatic heterocycles. The third-order valence-corrected chi connectivity index (χ3v) is 3.52. The molecule has 5 heteroatoms. The fourth-order valence-electron chi connectivity index (χ4n) is 2.67. The van der Waals surface area contributed by atoms with Crippen LogP contribution in [0, 0.1) is 11.3 Å². The van der Waals surface area contributed by atoms with Crippen LogP contribution in [0.5, 0.6) is 0 Å². The largest absolute Gasteiger partial charge is 0.369 e. The molecule has 1 atom stereocenters. The van der Waals surface area contributed by atoms with Crippen LogP contribution in [0.15, 0.2) is 0 Å². The number of likely N-dealkylation sites (tertiary alicyclic amines) is 1. The minimum absolute atomic E-state index is 0.162. The molecule has 3 amide bonds. The van der Waals surface area contributed by atoms with Crippen molar-refractivity contribution >= 4 is 17.7 Å². The molecule has 5 nitrogen and oxygen atoms in total. The van der Waals surface area contributed by atoms with Gasteiger partial charge in [-0.1, -0.05) is 20.8 Å². The predicted octanol–water partition coefficient (Wildman–Crippen LogP) is 1.06. The molecule has 1 heterocycles. The lowest BCUT2D eigenvalue weighted by Gasteiger charge is -2.39. The number of carbonyl (C=O) groups is 3. The number of imide groups is 1. The van der Waals surface area contributed by atoms with Crippen molar-refractivity contribution in [3.63, 3.8) is 0 Å². The zero-order valence-electron chi connectivity index (χ0n) is 11.7. The average Bonchev–Trinajstić information content (AvgIpc) is 2.38. The highest BCUT2D eigenvalue weighted by atomic mass is 16.2. The minimum atomic E-state index is -0.754. The summed E-state index contributed by atoms with van der Waals surface area (Å²) in [6.45, 7) is 8.80. The molecule has 0 aromatic carbocycles. The Balaban J connectivity index is 2.97. The Morgan fingerprint density at radius 3 is 2.17 bits per heavy atom. The number of primary amides is 1. The highest BCUT2D eigenvalue weighted by Gasteiger charge is 2.46. The van der Waals surface area contributed by atoms with Crippen molar-refractivity contribution in [1.29, 1.82) is 0 Å². The van der Waals surface area contributed by atoms with Crippen molar-refractivity contribution in [2.45, 2.75) is 53.0 Å². The standard InChI is InChI=1S/C13H22N2O3/c1-8-6-9(16)15(10(8)17)13(4,5)7-12(2,3)11(14)18/h8H,6-7H2,1-5H3,(H2,14,18)/t8-/m0/s1. The quantitative estimate of drug-likeness (QED) is 0.762. The maximum absolute atomic E-state index is 12.0. The maximum atomic E-state index is 12.0. The summed E-state index contributed by atoms with van der Waals surface area (Å²) in [5.74, 6) is -1.03. The van der Waals surface area contributed by atoms with E-state index in [2.05, 4.69) is 0 Å². The van der Waals surface area contributed by atoms with E-state index >= 15 is 0 Å². The summed E-state index contributed by atoms with van der Waals surface area (Å²) in [7, 11) is 0. The molecule has 0 radical (unpaired) electrons. The lowest BCUT2D eigenvalue weighted by Crippen LogP contribution is -2.51. The molecule has 0 spiro atoms. The summed E-state index contributed by atoms with van der Waals surface area (Å²) >= 11 is 0. The van der Waals surface area contributed by atoms with E-state index in [0.29, 0.717) is 6.42 Å². The van der Waals surface area contributed by atoms with Crippen molar-refractivity contribution in [2.24, 2.45) is 17.1 Å². The Morgan fingerprint density at radius 2 is 1.83 bits per heavy atom. The lowest BCUT2D eigenvalue weighted by molar-refractivity contribution is -0.148. The number of hydrogen-bond acceptors (Lipinski definition) is 3. The van der Waals surface area contributed by atoms with Crippen LogP contribution in [0.3, 0.4) is 0 Å². The highest BCUT2D eigenvalue weighted by molar-refractivity contribution is 6.04. The highest BCUT2D eigenvalue weighted by Crippen LogP contribution is 2.35. The topological polar surface area (TPSA) is 80.5 Å². The third kappa shape index (κ3) is 2.54. The smallest absolute Gasteiger partial charge is 0.233 e. The van der Waals surface area contributed by atoms with Gasteiger partial charge in [-0.3, -0.25) is 19.3 Å². The van der Waals surface area contributed by atoms with E-state index in [0.717, 1.165) is 0 Å². The molecular weight excluding hydrogens is 232 g/mol. The summed E-state index contributed by atoms with van der Waals surface area (Å²) in [6, 6.07) is 0. The van der Waals surface area contributed by atoms with Gasteiger partial charge in [-0.15, -0.1) is 0 Å². The maximum Gasteiger partial charge on any atom is 0.233 e. The Kier molecular flexibility index (Phi) is 3.56. The summed E-state index contributed by atoms with van der Waals surface area (Å²) in [6.07, 6.45) is 0.610. The van der Waals surface area contributed by atoms with E-state index in [1.807, 2.05) is 0 Å². The molecule has 0 aliphatic carbocycles. The van der Waals surface area contributed by atoms with Gasteiger partial charge in [0, 0.05) is 23.3 Å². The number of hydrogen-bond donors (Lipinski definition) is 1. The van der Waals surface area contributed by atoms with E-state index in [4.69, 9.17) is 5.73 Å². The first kappa shape index (κ1) is 14.7. The molecule has 0 aromatic rings. The molecule has 0 unspecified atom stereocenters. The number of nitrogens with zero attached hydrogens (tertiary/aromatic N) is 1. The fourth-order valence-corrected chi connectivity index (χ4v) is 2.67. The van der Waals surface area contributed by atoms with Crippen molar-refractivity contribution in [3.8, 4) is 0 Å². The predicted molar refractivity (Wildman–Crippen MR) is 67.3 cm³/mol. The SMILES string of the molecule is C[C@H]1CC(=O)N(C(C)(C)CC(C)(C)C(N)=O)C1=O. The molecule has 2 N–H and O–H groups in total. The van der Waals surface area contributed by atoms with Crippen LogP contribution in [0.25, 0.3) is 0 Å². The van der Waals surface area contributed by atoms with Crippen molar-refractivity contribution in [3.05, 3.63) is 0 Å². The van der Waals surface area contributed by atoms with E-state index in [1.54, 1.807) is 34.6 Å². The van der Waals surface area contributed by atoms with Gasteiger partial charge < -0.3 is 5.73 Å². The molecule has 0 saturated carbocycles. The Morgan fingerprint density at radius 1 is 1.33 bits per heavy atom.